The highest BCUT2D eigenvalue weighted by Crippen LogP contribution is 2.25. The number of hydrogen-bond donors (Lipinski definition) is 0. The first kappa shape index (κ1) is 8.05. The van der Waals surface area contributed by atoms with E-state index in [0.29, 0.717) is 5.69 Å². The molecule has 65 valence electrons. The summed E-state index contributed by atoms with van der Waals surface area (Å²) in [6.07, 6.45) is 0. The fourth-order valence-electron chi connectivity index (χ4n) is 1.43. The van der Waals surface area contributed by atoms with E-state index in [-0.39, 0.29) is 0 Å². The van der Waals surface area contributed by atoms with Crippen molar-refractivity contribution in [2.24, 2.45) is 0 Å². The van der Waals surface area contributed by atoms with Gasteiger partial charge < -0.3 is 0 Å². The summed E-state index contributed by atoms with van der Waals surface area (Å²) in [6, 6.07) is 7.78. The highest BCUT2D eigenvalue weighted by molar-refractivity contribution is 5.90. The van der Waals surface area contributed by atoms with Crippen LogP contribution in [0.5, 0.6) is 0 Å². The minimum Gasteiger partial charge on any atom is -0.300 e. The predicted molar refractivity (Wildman–Crippen MR) is 54.0 cm³/mol. The number of aromatic nitrogens is 1. The van der Waals surface area contributed by atoms with E-state index in [0.717, 1.165) is 22.2 Å². The number of para-hydroxylation sites is 1. The number of rotatable bonds is 0. The van der Waals surface area contributed by atoms with Gasteiger partial charge in [0.25, 0.3) is 0 Å². The molecule has 1 radical (unpaired) electrons. The average molecular weight is 171 g/mol. The zero-order valence-corrected chi connectivity index (χ0v) is 7.76. The minimum atomic E-state index is 0.600. The van der Waals surface area contributed by atoms with Gasteiger partial charge in [-0.05, 0) is 25.5 Å². The zero-order chi connectivity index (χ0) is 9.42. The van der Waals surface area contributed by atoms with Crippen molar-refractivity contribution in [3.8, 4) is 0 Å². The van der Waals surface area contributed by atoms with Crippen molar-refractivity contribution >= 4 is 16.6 Å². The SMILES string of the molecule is Cc1nc2ccccc2c([NH])c1C. The molecule has 2 aromatic rings. The molecule has 2 nitrogen and oxygen atoms in total. The smallest absolute Gasteiger partial charge is 0.0726 e. The normalized spacial score (nSPS) is 10.6. The van der Waals surface area contributed by atoms with Crippen molar-refractivity contribution in [1.29, 1.82) is 0 Å². The third kappa shape index (κ3) is 1.15. The third-order valence-corrected chi connectivity index (χ3v) is 2.38. The van der Waals surface area contributed by atoms with Crippen molar-refractivity contribution in [3.63, 3.8) is 0 Å². The molecule has 2 heteroatoms. The molecule has 0 spiro atoms. The predicted octanol–water partition coefficient (Wildman–Crippen LogP) is 2.77. The van der Waals surface area contributed by atoms with E-state index in [1.54, 1.807) is 0 Å². The molecule has 0 saturated heterocycles. The van der Waals surface area contributed by atoms with E-state index in [4.69, 9.17) is 5.73 Å². The molecule has 1 N–H and O–H groups in total. The second kappa shape index (κ2) is 2.73. The van der Waals surface area contributed by atoms with Gasteiger partial charge in [0.05, 0.1) is 11.2 Å². The van der Waals surface area contributed by atoms with Crippen molar-refractivity contribution in [1.82, 2.24) is 10.7 Å². The summed E-state index contributed by atoms with van der Waals surface area (Å²) in [7, 11) is 0. The second-order valence-corrected chi connectivity index (χ2v) is 3.21. The lowest BCUT2D eigenvalue weighted by Crippen LogP contribution is -1.91. The number of aryl methyl sites for hydroxylation is 1. The largest absolute Gasteiger partial charge is 0.300 e. The Morgan fingerprint density at radius 2 is 1.85 bits per heavy atom. The van der Waals surface area contributed by atoms with Gasteiger partial charge in [0.1, 0.15) is 0 Å². The van der Waals surface area contributed by atoms with Crippen LogP contribution in [0.25, 0.3) is 10.9 Å². The second-order valence-electron chi connectivity index (χ2n) is 3.21. The molecule has 0 atom stereocenters. The fourth-order valence-corrected chi connectivity index (χ4v) is 1.43. The van der Waals surface area contributed by atoms with Crippen LogP contribution in [0, 0.1) is 13.8 Å². The lowest BCUT2D eigenvalue weighted by atomic mass is 10.1. The summed E-state index contributed by atoms with van der Waals surface area (Å²) in [5, 5.41) is 0.936. The third-order valence-electron chi connectivity index (χ3n) is 2.38. The van der Waals surface area contributed by atoms with Crippen LogP contribution in [0.1, 0.15) is 11.3 Å². The summed E-state index contributed by atoms with van der Waals surface area (Å²) in [5.41, 5.74) is 11.3. The Balaban J connectivity index is 2.94. The molecule has 0 aliphatic carbocycles. The molecule has 0 unspecified atom stereocenters. The number of hydrogen-bond acceptors (Lipinski definition) is 1. The summed E-state index contributed by atoms with van der Waals surface area (Å²) >= 11 is 0. The van der Waals surface area contributed by atoms with Gasteiger partial charge in [0.2, 0.25) is 0 Å². The van der Waals surface area contributed by atoms with E-state index in [9.17, 15) is 0 Å². The molecule has 1 aromatic heterocycles. The van der Waals surface area contributed by atoms with Crippen molar-refractivity contribution in [3.05, 3.63) is 35.5 Å². The van der Waals surface area contributed by atoms with Crippen LogP contribution in [0.15, 0.2) is 24.3 Å². The van der Waals surface area contributed by atoms with Crippen LogP contribution in [0.2, 0.25) is 0 Å². The average Bonchev–Trinajstić information content (AvgIpc) is 2.15. The topological polar surface area (TPSA) is 36.7 Å². The monoisotopic (exact) mass is 171 g/mol. The highest BCUT2D eigenvalue weighted by atomic mass is 14.7. The Morgan fingerprint density at radius 3 is 2.62 bits per heavy atom. The zero-order valence-electron chi connectivity index (χ0n) is 7.76. The maximum absolute atomic E-state index is 7.89. The molecule has 1 aromatic carbocycles. The lowest BCUT2D eigenvalue weighted by Gasteiger charge is -2.06. The molecule has 1 heterocycles. The van der Waals surface area contributed by atoms with Gasteiger partial charge in [-0.3, -0.25) is 10.7 Å². The van der Waals surface area contributed by atoms with Gasteiger partial charge in [-0.1, -0.05) is 18.2 Å². The van der Waals surface area contributed by atoms with Crippen molar-refractivity contribution in [2.45, 2.75) is 13.8 Å². The van der Waals surface area contributed by atoms with E-state index >= 15 is 0 Å². The molecule has 13 heavy (non-hydrogen) atoms. The molecule has 0 bridgehead atoms. The number of fused-ring (bicyclic) bond motifs is 1. The summed E-state index contributed by atoms with van der Waals surface area (Å²) in [6.45, 7) is 3.89. The van der Waals surface area contributed by atoms with Crippen LogP contribution < -0.4 is 5.73 Å². The quantitative estimate of drug-likeness (QED) is 0.600. The van der Waals surface area contributed by atoms with Gasteiger partial charge in [-0.15, -0.1) is 0 Å². The number of nitrogens with zero attached hydrogens (tertiary/aromatic N) is 1. The van der Waals surface area contributed by atoms with Gasteiger partial charge in [0, 0.05) is 11.1 Å². The van der Waals surface area contributed by atoms with Crippen molar-refractivity contribution in [2.75, 3.05) is 0 Å². The summed E-state index contributed by atoms with van der Waals surface area (Å²) in [5.74, 6) is 0. The molecular weight excluding hydrogens is 160 g/mol. The standard InChI is InChI=1S/C11H11N2/c1-7-8(2)13-10-6-4-3-5-9(10)11(7)12/h3-6,12H,1-2H3. The number of benzene rings is 1. The van der Waals surface area contributed by atoms with Crippen LogP contribution in [-0.2, 0) is 0 Å². The fraction of sp³-hybridized carbons (Fsp3) is 0.182. The molecule has 0 saturated carbocycles. The molecule has 0 aliphatic heterocycles. The Morgan fingerprint density at radius 1 is 1.15 bits per heavy atom. The summed E-state index contributed by atoms with van der Waals surface area (Å²) in [4.78, 5) is 4.42. The number of pyridine rings is 1. The maximum Gasteiger partial charge on any atom is 0.0726 e. The van der Waals surface area contributed by atoms with E-state index in [1.165, 1.54) is 0 Å². The molecule has 0 fully saturated rings. The van der Waals surface area contributed by atoms with E-state index in [2.05, 4.69) is 4.98 Å². The molecule has 0 aliphatic rings. The Hall–Kier alpha value is -1.57. The minimum absolute atomic E-state index is 0.600. The van der Waals surface area contributed by atoms with E-state index in [1.807, 2.05) is 38.1 Å². The summed E-state index contributed by atoms with van der Waals surface area (Å²) < 4.78 is 0. The van der Waals surface area contributed by atoms with Crippen LogP contribution in [-0.4, -0.2) is 4.98 Å². The lowest BCUT2D eigenvalue weighted by molar-refractivity contribution is 1.18. The molecular formula is C11H11N2. The van der Waals surface area contributed by atoms with Crippen LogP contribution in [0.3, 0.4) is 0 Å². The molecule has 0 amide bonds. The highest BCUT2D eigenvalue weighted by Gasteiger charge is 2.05. The maximum atomic E-state index is 7.89. The Kier molecular flexibility index (Phi) is 1.69. The van der Waals surface area contributed by atoms with Gasteiger partial charge in [0.15, 0.2) is 0 Å². The van der Waals surface area contributed by atoms with Crippen molar-refractivity contribution < 1.29 is 0 Å². The molecule has 2 rings (SSSR count). The Bertz CT molecular complexity index is 461. The Labute approximate surface area is 77.4 Å². The first-order chi connectivity index (χ1) is 6.20. The first-order valence-corrected chi connectivity index (χ1v) is 4.27. The van der Waals surface area contributed by atoms with Gasteiger partial charge in [-0.25, -0.2) is 0 Å². The van der Waals surface area contributed by atoms with Gasteiger partial charge >= 0.3 is 0 Å². The van der Waals surface area contributed by atoms with E-state index < -0.39 is 0 Å². The number of nitrogens with one attached hydrogen (secondary N) is 1. The first-order valence-electron chi connectivity index (χ1n) is 4.27. The van der Waals surface area contributed by atoms with Crippen LogP contribution in [0.4, 0.5) is 5.69 Å². The van der Waals surface area contributed by atoms with Crippen LogP contribution >= 0.6 is 0 Å². The van der Waals surface area contributed by atoms with Gasteiger partial charge in [-0.2, -0.15) is 0 Å².